The molecule has 6 heteroatoms. The highest BCUT2D eigenvalue weighted by atomic mass is 16.5. The molecule has 1 aromatic heterocycles. The molecule has 0 atom stereocenters. The highest BCUT2D eigenvalue weighted by Gasteiger charge is 2.26. The third-order valence-electron chi connectivity index (χ3n) is 6.23. The van der Waals surface area contributed by atoms with Crippen LogP contribution in [-0.4, -0.2) is 57.9 Å². The van der Waals surface area contributed by atoms with Crippen LogP contribution < -0.4 is 4.74 Å². The SMILES string of the molecule is CCN(CC)C(=O)c1cnc(Oc2ccc3c(c2)CCN(C2CCC2)CC3)cn1. The summed E-state index contributed by atoms with van der Waals surface area (Å²) in [5.41, 5.74) is 3.13. The van der Waals surface area contributed by atoms with Crippen LogP contribution in [0, 0.1) is 0 Å². The molecule has 1 amide bonds. The maximum Gasteiger partial charge on any atom is 0.274 e. The van der Waals surface area contributed by atoms with Gasteiger partial charge in [-0.05, 0) is 62.8 Å². The number of amides is 1. The molecule has 1 saturated carbocycles. The molecular weight excluding hydrogens is 364 g/mol. The molecule has 2 aromatic rings. The van der Waals surface area contributed by atoms with Gasteiger partial charge >= 0.3 is 0 Å². The molecule has 1 aliphatic heterocycles. The van der Waals surface area contributed by atoms with Crippen LogP contribution in [0.1, 0.15) is 54.7 Å². The van der Waals surface area contributed by atoms with E-state index in [-0.39, 0.29) is 5.91 Å². The molecule has 4 rings (SSSR count). The zero-order chi connectivity index (χ0) is 20.2. The Balaban J connectivity index is 1.41. The largest absolute Gasteiger partial charge is 0.437 e. The third-order valence-corrected chi connectivity index (χ3v) is 6.23. The summed E-state index contributed by atoms with van der Waals surface area (Å²) in [6.45, 7) is 7.51. The Morgan fingerprint density at radius 1 is 1.10 bits per heavy atom. The first-order valence-corrected chi connectivity index (χ1v) is 10.8. The summed E-state index contributed by atoms with van der Waals surface area (Å²) in [6.07, 6.45) is 9.29. The van der Waals surface area contributed by atoms with Crippen molar-refractivity contribution in [3.05, 3.63) is 47.4 Å². The van der Waals surface area contributed by atoms with E-state index in [1.54, 1.807) is 4.90 Å². The molecule has 1 aliphatic carbocycles. The summed E-state index contributed by atoms with van der Waals surface area (Å²) in [7, 11) is 0. The van der Waals surface area contributed by atoms with E-state index < -0.39 is 0 Å². The minimum absolute atomic E-state index is 0.102. The molecule has 0 radical (unpaired) electrons. The van der Waals surface area contributed by atoms with Crippen LogP contribution >= 0.6 is 0 Å². The van der Waals surface area contributed by atoms with Crippen molar-refractivity contribution in [3.8, 4) is 11.6 Å². The van der Waals surface area contributed by atoms with E-state index in [9.17, 15) is 4.79 Å². The second kappa shape index (κ2) is 8.91. The molecule has 2 aliphatic rings. The minimum Gasteiger partial charge on any atom is -0.437 e. The summed E-state index contributed by atoms with van der Waals surface area (Å²) >= 11 is 0. The number of benzene rings is 1. The van der Waals surface area contributed by atoms with Gasteiger partial charge in [0, 0.05) is 32.2 Å². The third kappa shape index (κ3) is 4.42. The Labute approximate surface area is 172 Å². The molecule has 2 heterocycles. The summed E-state index contributed by atoms with van der Waals surface area (Å²) < 4.78 is 5.93. The normalized spacial score (nSPS) is 17.2. The first kappa shape index (κ1) is 19.8. The lowest BCUT2D eigenvalue weighted by atomic mass is 9.91. The fraction of sp³-hybridized carbons (Fsp3) is 0.522. The second-order valence-electron chi connectivity index (χ2n) is 7.87. The van der Waals surface area contributed by atoms with Gasteiger partial charge in [-0.2, -0.15) is 0 Å². The lowest BCUT2D eigenvalue weighted by molar-refractivity contribution is 0.0766. The number of aromatic nitrogens is 2. The molecular formula is C23H30N4O2. The van der Waals surface area contributed by atoms with Crippen molar-refractivity contribution in [1.82, 2.24) is 19.8 Å². The number of carbonyl (C=O) groups excluding carboxylic acids is 1. The van der Waals surface area contributed by atoms with Crippen LogP contribution in [0.2, 0.25) is 0 Å². The molecule has 154 valence electrons. The van der Waals surface area contributed by atoms with E-state index in [1.807, 2.05) is 19.9 Å². The lowest BCUT2D eigenvalue weighted by Gasteiger charge is -2.36. The van der Waals surface area contributed by atoms with E-state index in [1.165, 1.54) is 42.8 Å². The van der Waals surface area contributed by atoms with Crippen molar-refractivity contribution in [1.29, 1.82) is 0 Å². The Morgan fingerprint density at radius 3 is 2.48 bits per heavy atom. The van der Waals surface area contributed by atoms with Gasteiger partial charge in [0.25, 0.3) is 5.91 Å². The highest BCUT2D eigenvalue weighted by molar-refractivity contribution is 5.91. The van der Waals surface area contributed by atoms with Gasteiger partial charge in [-0.1, -0.05) is 12.5 Å². The number of fused-ring (bicyclic) bond motifs is 1. The molecule has 1 aromatic carbocycles. The molecule has 0 saturated heterocycles. The maximum atomic E-state index is 12.3. The van der Waals surface area contributed by atoms with Gasteiger partial charge in [0.15, 0.2) is 0 Å². The van der Waals surface area contributed by atoms with Gasteiger partial charge in [0.1, 0.15) is 11.4 Å². The maximum absolute atomic E-state index is 12.3. The number of nitrogens with zero attached hydrogens (tertiary/aromatic N) is 4. The van der Waals surface area contributed by atoms with Crippen LogP contribution in [-0.2, 0) is 12.8 Å². The standard InChI is InChI=1S/C23H30N4O2/c1-3-26(4-2)23(28)21-15-25-22(16-24-21)29-20-9-8-17-10-12-27(19-6-5-7-19)13-11-18(17)14-20/h8-9,14-16,19H,3-7,10-13H2,1-2H3. The molecule has 1 fully saturated rings. The molecule has 0 N–H and O–H groups in total. The number of ether oxygens (including phenoxy) is 1. The quantitative estimate of drug-likeness (QED) is 0.748. The van der Waals surface area contributed by atoms with E-state index in [0.717, 1.165) is 37.7 Å². The van der Waals surface area contributed by atoms with Gasteiger partial charge < -0.3 is 9.64 Å². The molecule has 6 nitrogen and oxygen atoms in total. The Morgan fingerprint density at radius 2 is 1.86 bits per heavy atom. The zero-order valence-electron chi connectivity index (χ0n) is 17.4. The predicted octanol–water partition coefficient (Wildman–Crippen LogP) is 3.70. The van der Waals surface area contributed by atoms with Crippen molar-refractivity contribution in [2.45, 2.75) is 52.0 Å². The smallest absolute Gasteiger partial charge is 0.274 e. The van der Waals surface area contributed by atoms with E-state index in [4.69, 9.17) is 4.74 Å². The van der Waals surface area contributed by atoms with Crippen LogP contribution in [0.25, 0.3) is 0 Å². The Hall–Kier alpha value is -2.47. The zero-order valence-corrected chi connectivity index (χ0v) is 17.4. The molecule has 0 bridgehead atoms. The molecule has 0 unspecified atom stereocenters. The fourth-order valence-corrected chi connectivity index (χ4v) is 4.17. The number of carbonyl (C=O) groups is 1. The lowest BCUT2D eigenvalue weighted by Crippen LogP contribution is -2.41. The summed E-state index contributed by atoms with van der Waals surface area (Å²) in [4.78, 5) is 25.3. The fourth-order valence-electron chi connectivity index (χ4n) is 4.17. The first-order valence-electron chi connectivity index (χ1n) is 10.8. The summed E-state index contributed by atoms with van der Waals surface area (Å²) in [5, 5.41) is 0. The van der Waals surface area contributed by atoms with Gasteiger partial charge in [0.2, 0.25) is 5.88 Å². The Bertz CT molecular complexity index is 844. The van der Waals surface area contributed by atoms with Crippen molar-refractivity contribution in [2.75, 3.05) is 26.2 Å². The average Bonchev–Trinajstić information content (AvgIpc) is 2.91. The van der Waals surface area contributed by atoms with E-state index in [2.05, 4.69) is 27.0 Å². The number of hydrogen-bond donors (Lipinski definition) is 0. The van der Waals surface area contributed by atoms with Gasteiger partial charge in [-0.25, -0.2) is 9.97 Å². The van der Waals surface area contributed by atoms with Gasteiger partial charge in [-0.3, -0.25) is 9.69 Å². The van der Waals surface area contributed by atoms with Crippen molar-refractivity contribution in [2.24, 2.45) is 0 Å². The first-order chi connectivity index (χ1) is 14.2. The number of rotatable bonds is 6. The van der Waals surface area contributed by atoms with E-state index in [0.29, 0.717) is 24.7 Å². The molecule has 0 spiro atoms. The Kier molecular flexibility index (Phi) is 6.09. The molecule has 29 heavy (non-hydrogen) atoms. The van der Waals surface area contributed by atoms with Crippen molar-refractivity contribution in [3.63, 3.8) is 0 Å². The summed E-state index contributed by atoms with van der Waals surface area (Å²) in [5.74, 6) is 1.08. The summed E-state index contributed by atoms with van der Waals surface area (Å²) in [6, 6.07) is 7.12. The van der Waals surface area contributed by atoms with Crippen LogP contribution in [0.3, 0.4) is 0 Å². The number of hydrogen-bond acceptors (Lipinski definition) is 5. The van der Waals surface area contributed by atoms with Crippen LogP contribution in [0.4, 0.5) is 0 Å². The minimum atomic E-state index is -0.102. The van der Waals surface area contributed by atoms with Crippen molar-refractivity contribution >= 4 is 5.91 Å². The van der Waals surface area contributed by atoms with E-state index >= 15 is 0 Å². The van der Waals surface area contributed by atoms with Crippen molar-refractivity contribution < 1.29 is 9.53 Å². The van der Waals surface area contributed by atoms with Crippen LogP contribution in [0.15, 0.2) is 30.6 Å². The second-order valence-corrected chi connectivity index (χ2v) is 7.87. The van der Waals surface area contributed by atoms with Crippen LogP contribution in [0.5, 0.6) is 11.6 Å². The topological polar surface area (TPSA) is 58.6 Å². The highest BCUT2D eigenvalue weighted by Crippen LogP contribution is 2.29. The predicted molar refractivity (Wildman–Crippen MR) is 112 cm³/mol. The van der Waals surface area contributed by atoms with Gasteiger partial charge in [-0.15, -0.1) is 0 Å². The van der Waals surface area contributed by atoms with Gasteiger partial charge in [0.05, 0.1) is 12.4 Å². The monoisotopic (exact) mass is 394 g/mol. The average molecular weight is 395 g/mol.